The van der Waals surface area contributed by atoms with Gasteiger partial charge in [0.1, 0.15) is 17.6 Å². The van der Waals surface area contributed by atoms with Crippen LogP contribution in [0.3, 0.4) is 0 Å². The molecule has 2 aromatic carbocycles. The first-order valence-electron chi connectivity index (χ1n) is 11.3. The molecule has 0 bridgehead atoms. The number of aryl methyl sites for hydroxylation is 1. The number of nitro groups is 1. The third-order valence-corrected chi connectivity index (χ3v) is 5.60. The van der Waals surface area contributed by atoms with Crippen LogP contribution < -0.4 is 14.2 Å². The Kier molecular flexibility index (Phi) is 7.55. The van der Waals surface area contributed by atoms with E-state index in [1.807, 2.05) is 4.57 Å². The molecule has 0 spiro atoms. The lowest BCUT2D eigenvalue weighted by Gasteiger charge is -2.11. The Hall–Kier alpha value is -4.72. The maximum absolute atomic E-state index is 12.3. The van der Waals surface area contributed by atoms with Crippen molar-refractivity contribution in [1.82, 2.24) is 14.8 Å². The predicted octanol–water partition coefficient (Wildman–Crippen LogP) is 3.97. The highest BCUT2D eigenvalue weighted by Crippen LogP contribution is 2.30. The maximum atomic E-state index is 12.3. The number of allylic oxidation sites excluding steroid dienone is 1. The number of non-ortho nitro benzene ring substituents is 1. The van der Waals surface area contributed by atoms with E-state index in [4.69, 9.17) is 14.2 Å². The van der Waals surface area contributed by atoms with E-state index in [-0.39, 0.29) is 11.4 Å². The number of ether oxygens (including phenoxy) is 3. The fourth-order valence-corrected chi connectivity index (χ4v) is 3.81. The zero-order valence-corrected chi connectivity index (χ0v) is 19.5. The Labute approximate surface area is 206 Å². The second kappa shape index (κ2) is 11.1. The Balaban J connectivity index is 1.45. The standard InChI is InChI=1S/C25H23N5O6/c1-34-22-14-17(13-18(15-26)25-28-27-23-5-3-2-4-12-29(23)25)6-11-21(22)36-24(31)16-35-20-9-7-19(8-10-20)30(32)33/h6-11,13-14H,2-5,12,16H2,1H3/b18-13+. The molecule has 0 fully saturated rings. The number of carbonyl (C=O) groups is 1. The first kappa shape index (κ1) is 24.4. The lowest BCUT2D eigenvalue weighted by molar-refractivity contribution is -0.384. The molecule has 4 rings (SSSR count). The molecule has 11 heteroatoms. The number of hydrogen-bond donors (Lipinski definition) is 0. The van der Waals surface area contributed by atoms with Gasteiger partial charge in [-0.1, -0.05) is 12.5 Å². The van der Waals surface area contributed by atoms with E-state index in [9.17, 15) is 20.2 Å². The average molecular weight is 489 g/mol. The maximum Gasteiger partial charge on any atom is 0.349 e. The van der Waals surface area contributed by atoms with Crippen molar-refractivity contribution in [2.24, 2.45) is 0 Å². The highest BCUT2D eigenvalue weighted by molar-refractivity contribution is 5.87. The first-order valence-corrected chi connectivity index (χ1v) is 11.3. The number of aromatic nitrogens is 3. The van der Waals surface area contributed by atoms with Crippen LogP contribution in [0.25, 0.3) is 11.6 Å². The number of nitrogens with zero attached hydrogens (tertiary/aromatic N) is 5. The van der Waals surface area contributed by atoms with Gasteiger partial charge in [-0.2, -0.15) is 5.26 Å². The van der Waals surface area contributed by atoms with Crippen molar-refractivity contribution in [3.8, 4) is 23.3 Å². The summed E-state index contributed by atoms with van der Waals surface area (Å²) in [5, 5.41) is 29.0. The molecular weight excluding hydrogens is 466 g/mol. The van der Waals surface area contributed by atoms with E-state index in [0.29, 0.717) is 28.5 Å². The normalized spacial score (nSPS) is 13.2. The molecule has 0 N–H and O–H groups in total. The largest absolute Gasteiger partial charge is 0.493 e. The van der Waals surface area contributed by atoms with Gasteiger partial charge < -0.3 is 18.8 Å². The number of esters is 1. The van der Waals surface area contributed by atoms with E-state index in [1.165, 1.54) is 31.4 Å². The Morgan fingerprint density at radius 2 is 1.97 bits per heavy atom. The SMILES string of the molecule is COc1cc(/C=C(\C#N)c2nnc3n2CCCCC3)ccc1OC(=O)COc1ccc([N+](=O)[O-])cc1. The quantitative estimate of drug-likeness (QED) is 0.151. The monoisotopic (exact) mass is 489 g/mol. The van der Waals surface area contributed by atoms with Crippen LogP contribution in [0.2, 0.25) is 0 Å². The van der Waals surface area contributed by atoms with Crippen LogP contribution in [-0.2, 0) is 17.8 Å². The molecule has 0 saturated carbocycles. The van der Waals surface area contributed by atoms with Gasteiger partial charge in [-0.25, -0.2) is 4.79 Å². The molecule has 0 unspecified atom stereocenters. The van der Waals surface area contributed by atoms with E-state index in [0.717, 1.165) is 38.1 Å². The minimum absolute atomic E-state index is 0.0808. The summed E-state index contributed by atoms with van der Waals surface area (Å²) in [6, 6.07) is 12.5. The first-order chi connectivity index (χ1) is 17.5. The molecule has 1 aromatic heterocycles. The number of nitro benzene ring substituents is 1. The van der Waals surface area contributed by atoms with Gasteiger partial charge >= 0.3 is 5.97 Å². The average Bonchev–Trinajstić information content (AvgIpc) is 3.14. The van der Waals surface area contributed by atoms with Gasteiger partial charge in [-0.15, -0.1) is 10.2 Å². The minimum atomic E-state index is -0.682. The number of carbonyl (C=O) groups excluding carboxylic acids is 1. The number of rotatable bonds is 8. The molecule has 0 saturated heterocycles. The molecule has 11 nitrogen and oxygen atoms in total. The fourth-order valence-electron chi connectivity index (χ4n) is 3.81. The highest BCUT2D eigenvalue weighted by atomic mass is 16.6. The molecule has 1 aliphatic rings. The van der Waals surface area contributed by atoms with Crippen molar-refractivity contribution in [1.29, 1.82) is 5.26 Å². The zero-order chi connectivity index (χ0) is 25.5. The lowest BCUT2D eigenvalue weighted by Crippen LogP contribution is -2.18. The summed E-state index contributed by atoms with van der Waals surface area (Å²) in [5.74, 6) is 1.51. The molecule has 36 heavy (non-hydrogen) atoms. The number of hydrogen-bond acceptors (Lipinski definition) is 9. The molecule has 0 aliphatic carbocycles. The summed E-state index contributed by atoms with van der Waals surface area (Å²) in [7, 11) is 1.44. The molecule has 184 valence electrons. The van der Waals surface area contributed by atoms with Crippen molar-refractivity contribution in [2.45, 2.75) is 32.2 Å². The lowest BCUT2D eigenvalue weighted by atomic mass is 10.1. The van der Waals surface area contributed by atoms with E-state index in [1.54, 1.807) is 24.3 Å². The van der Waals surface area contributed by atoms with Crippen LogP contribution in [0.15, 0.2) is 42.5 Å². The molecule has 2 heterocycles. The van der Waals surface area contributed by atoms with Gasteiger partial charge in [0, 0.05) is 25.1 Å². The number of fused-ring (bicyclic) bond motifs is 1. The van der Waals surface area contributed by atoms with Gasteiger partial charge in [0.05, 0.1) is 17.6 Å². The van der Waals surface area contributed by atoms with E-state index < -0.39 is 17.5 Å². The van der Waals surface area contributed by atoms with Crippen molar-refractivity contribution in [3.05, 3.63) is 69.8 Å². The number of methoxy groups -OCH3 is 1. The van der Waals surface area contributed by atoms with Crippen LogP contribution in [0.4, 0.5) is 5.69 Å². The molecule has 1 aliphatic heterocycles. The summed E-state index contributed by atoms with van der Waals surface area (Å²) >= 11 is 0. The van der Waals surface area contributed by atoms with Crippen LogP contribution in [0, 0.1) is 21.4 Å². The summed E-state index contributed by atoms with van der Waals surface area (Å²) in [4.78, 5) is 22.5. The summed E-state index contributed by atoms with van der Waals surface area (Å²) in [6.45, 7) is 0.371. The Bertz CT molecular complexity index is 1340. The van der Waals surface area contributed by atoms with Crippen LogP contribution in [-0.4, -0.2) is 39.4 Å². The van der Waals surface area contributed by atoms with Crippen LogP contribution in [0.1, 0.15) is 36.5 Å². The van der Waals surface area contributed by atoms with Crippen LogP contribution in [0.5, 0.6) is 17.2 Å². The Morgan fingerprint density at radius 3 is 2.69 bits per heavy atom. The number of benzene rings is 2. The van der Waals surface area contributed by atoms with E-state index in [2.05, 4.69) is 16.3 Å². The van der Waals surface area contributed by atoms with Gasteiger partial charge in [-0.05, 0) is 48.7 Å². The van der Waals surface area contributed by atoms with Crippen molar-refractivity contribution < 1.29 is 23.9 Å². The van der Waals surface area contributed by atoms with Crippen molar-refractivity contribution >= 4 is 23.3 Å². The molecule has 0 atom stereocenters. The summed E-state index contributed by atoms with van der Waals surface area (Å²) in [5.41, 5.74) is 0.956. The summed E-state index contributed by atoms with van der Waals surface area (Å²) < 4.78 is 18.1. The van der Waals surface area contributed by atoms with Gasteiger partial charge in [0.2, 0.25) is 0 Å². The highest BCUT2D eigenvalue weighted by Gasteiger charge is 2.18. The topological polar surface area (TPSA) is 142 Å². The minimum Gasteiger partial charge on any atom is -0.493 e. The molecular formula is C25H23N5O6. The second-order valence-electron chi connectivity index (χ2n) is 8.00. The van der Waals surface area contributed by atoms with Gasteiger partial charge in [0.15, 0.2) is 23.9 Å². The third-order valence-electron chi connectivity index (χ3n) is 5.60. The summed E-state index contributed by atoms with van der Waals surface area (Å²) in [6.07, 6.45) is 5.71. The van der Waals surface area contributed by atoms with Gasteiger partial charge in [0.25, 0.3) is 5.69 Å². The second-order valence-corrected chi connectivity index (χ2v) is 8.00. The smallest absolute Gasteiger partial charge is 0.349 e. The third kappa shape index (κ3) is 5.67. The predicted molar refractivity (Wildman–Crippen MR) is 128 cm³/mol. The van der Waals surface area contributed by atoms with E-state index >= 15 is 0 Å². The van der Waals surface area contributed by atoms with Crippen molar-refractivity contribution in [3.63, 3.8) is 0 Å². The molecule has 3 aromatic rings. The van der Waals surface area contributed by atoms with Gasteiger partial charge in [-0.3, -0.25) is 10.1 Å². The molecule has 0 amide bonds. The van der Waals surface area contributed by atoms with Crippen LogP contribution >= 0.6 is 0 Å². The van der Waals surface area contributed by atoms with Crippen molar-refractivity contribution in [2.75, 3.05) is 13.7 Å². The zero-order valence-electron chi connectivity index (χ0n) is 19.5. The fraction of sp³-hybridized carbons (Fsp3) is 0.280. The number of nitriles is 1. The molecule has 0 radical (unpaired) electrons. The Morgan fingerprint density at radius 1 is 1.17 bits per heavy atom.